The molecule has 0 radical (unpaired) electrons. The lowest BCUT2D eigenvalue weighted by molar-refractivity contribution is 0.283. The van der Waals surface area contributed by atoms with E-state index in [1.807, 2.05) is 0 Å². The Hall–Kier alpha value is -0.940. The standard InChI is InChI=1S/C16H25N3OS/c1-19-10-4-9-14(12-19)15-16(18-21-17-15)20-11-5-8-13-6-2-3-7-13/h9,13H,2-8,10-12H2,1H3. The van der Waals surface area contributed by atoms with Crippen LogP contribution in [0, 0.1) is 5.92 Å². The van der Waals surface area contributed by atoms with Crippen LogP contribution in [0.25, 0.3) is 5.57 Å². The number of aromatic nitrogens is 2. The van der Waals surface area contributed by atoms with Gasteiger partial charge in [0, 0.05) is 13.1 Å². The van der Waals surface area contributed by atoms with Gasteiger partial charge in [-0.25, -0.2) is 0 Å². The maximum atomic E-state index is 5.90. The summed E-state index contributed by atoms with van der Waals surface area (Å²) < 4.78 is 14.7. The Bertz CT molecular complexity index is 480. The van der Waals surface area contributed by atoms with Crippen LogP contribution in [0.15, 0.2) is 6.08 Å². The number of hydrogen-bond donors (Lipinski definition) is 0. The van der Waals surface area contributed by atoms with E-state index in [1.54, 1.807) is 0 Å². The van der Waals surface area contributed by atoms with Gasteiger partial charge in [-0.15, -0.1) is 4.37 Å². The van der Waals surface area contributed by atoms with Gasteiger partial charge in [-0.3, -0.25) is 0 Å². The molecule has 0 aromatic carbocycles. The van der Waals surface area contributed by atoms with Crippen LogP contribution in [-0.2, 0) is 0 Å². The number of likely N-dealkylation sites (N-methyl/N-ethyl adjacent to an activating group) is 1. The zero-order valence-electron chi connectivity index (χ0n) is 12.9. The SMILES string of the molecule is CN1CCC=C(c2nsnc2OCCCC2CCCC2)C1. The molecule has 0 amide bonds. The lowest BCUT2D eigenvalue weighted by Gasteiger charge is -2.22. The second kappa shape index (κ2) is 7.36. The summed E-state index contributed by atoms with van der Waals surface area (Å²) in [5.41, 5.74) is 2.23. The Balaban J connectivity index is 1.49. The number of nitrogens with zero attached hydrogens (tertiary/aromatic N) is 3. The highest BCUT2D eigenvalue weighted by Crippen LogP contribution is 2.29. The smallest absolute Gasteiger partial charge is 0.253 e. The van der Waals surface area contributed by atoms with E-state index in [0.717, 1.165) is 50.0 Å². The first-order valence-corrected chi connectivity index (χ1v) is 8.89. The van der Waals surface area contributed by atoms with E-state index in [4.69, 9.17) is 4.74 Å². The van der Waals surface area contributed by atoms with Crippen LogP contribution in [0.5, 0.6) is 5.88 Å². The molecule has 0 bridgehead atoms. The first-order valence-electron chi connectivity index (χ1n) is 8.16. The average molecular weight is 307 g/mol. The van der Waals surface area contributed by atoms with Crippen molar-refractivity contribution in [3.05, 3.63) is 11.8 Å². The molecule has 0 unspecified atom stereocenters. The number of rotatable bonds is 6. The minimum Gasteiger partial charge on any atom is -0.475 e. The molecular weight excluding hydrogens is 282 g/mol. The number of ether oxygens (including phenoxy) is 1. The van der Waals surface area contributed by atoms with Crippen LogP contribution in [-0.4, -0.2) is 40.4 Å². The van der Waals surface area contributed by atoms with Crippen molar-refractivity contribution in [1.29, 1.82) is 0 Å². The molecule has 1 aliphatic heterocycles. The van der Waals surface area contributed by atoms with Crippen LogP contribution in [0.1, 0.15) is 50.6 Å². The summed E-state index contributed by atoms with van der Waals surface area (Å²) in [6.07, 6.45) is 11.5. The summed E-state index contributed by atoms with van der Waals surface area (Å²) in [5.74, 6) is 1.68. The van der Waals surface area contributed by atoms with Gasteiger partial charge in [0.15, 0.2) is 0 Å². The highest BCUT2D eigenvalue weighted by atomic mass is 32.1. The highest BCUT2D eigenvalue weighted by molar-refractivity contribution is 6.99. The van der Waals surface area contributed by atoms with Crippen molar-refractivity contribution in [3.63, 3.8) is 0 Å². The van der Waals surface area contributed by atoms with Crippen molar-refractivity contribution in [2.45, 2.75) is 44.9 Å². The summed E-state index contributed by atoms with van der Waals surface area (Å²) in [7, 11) is 2.15. The van der Waals surface area contributed by atoms with Crippen molar-refractivity contribution in [2.24, 2.45) is 5.92 Å². The Kier molecular flexibility index (Phi) is 5.25. The molecule has 1 saturated carbocycles. The Labute approximate surface area is 131 Å². The van der Waals surface area contributed by atoms with Crippen molar-refractivity contribution >= 4 is 17.3 Å². The van der Waals surface area contributed by atoms with Crippen LogP contribution in [0.4, 0.5) is 0 Å². The lowest BCUT2D eigenvalue weighted by Crippen LogP contribution is -2.25. The molecule has 2 heterocycles. The molecule has 2 aliphatic rings. The fraction of sp³-hybridized carbons (Fsp3) is 0.750. The maximum absolute atomic E-state index is 5.90. The second-order valence-corrected chi connectivity index (χ2v) is 6.84. The van der Waals surface area contributed by atoms with Crippen LogP contribution < -0.4 is 4.74 Å². The molecule has 5 heteroatoms. The van der Waals surface area contributed by atoms with Gasteiger partial charge in [-0.1, -0.05) is 31.8 Å². The monoisotopic (exact) mass is 307 g/mol. The van der Waals surface area contributed by atoms with Crippen molar-refractivity contribution in [3.8, 4) is 5.88 Å². The van der Waals surface area contributed by atoms with E-state index in [-0.39, 0.29) is 0 Å². The topological polar surface area (TPSA) is 38.2 Å². The average Bonchev–Trinajstić information content (AvgIpc) is 3.15. The van der Waals surface area contributed by atoms with E-state index in [0.29, 0.717) is 0 Å². The summed E-state index contributed by atoms with van der Waals surface area (Å²) in [5, 5.41) is 0. The normalized spacial score (nSPS) is 20.7. The van der Waals surface area contributed by atoms with Gasteiger partial charge in [0.05, 0.1) is 18.3 Å². The van der Waals surface area contributed by atoms with Crippen molar-refractivity contribution in [1.82, 2.24) is 13.6 Å². The molecule has 1 fully saturated rings. The molecule has 1 aliphatic carbocycles. The summed E-state index contributed by atoms with van der Waals surface area (Å²) in [6.45, 7) is 2.85. The van der Waals surface area contributed by atoms with E-state index < -0.39 is 0 Å². The molecule has 116 valence electrons. The second-order valence-electron chi connectivity index (χ2n) is 6.31. The molecule has 3 rings (SSSR count). The molecule has 0 saturated heterocycles. The van der Waals surface area contributed by atoms with Crippen LogP contribution >= 0.6 is 11.7 Å². The van der Waals surface area contributed by atoms with Gasteiger partial charge >= 0.3 is 0 Å². The van der Waals surface area contributed by atoms with Crippen molar-refractivity contribution in [2.75, 3.05) is 26.7 Å². The quantitative estimate of drug-likeness (QED) is 0.753. The first kappa shape index (κ1) is 15.0. The Morgan fingerprint density at radius 1 is 1.33 bits per heavy atom. The predicted octanol–water partition coefficient (Wildman–Crippen LogP) is 3.61. The molecule has 1 aromatic heterocycles. The summed E-state index contributed by atoms with van der Waals surface area (Å²) in [6, 6.07) is 0. The van der Waals surface area contributed by atoms with Gasteiger partial charge in [0.25, 0.3) is 5.88 Å². The Morgan fingerprint density at radius 2 is 2.19 bits per heavy atom. The molecule has 0 spiro atoms. The van der Waals surface area contributed by atoms with Crippen molar-refractivity contribution < 1.29 is 4.74 Å². The van der Waals surface area contributed by atoms with E-state index in [9.17, 15) is 0 Å². The zero-order chi connectivity index (χ0) is 14.5. The van der Waals surface area contributed by atoms with Crippen LogP contribution in [0.3, 0.4) is 0 Å². The van der Waals surface area contributed by atoms with E-state index in [1.165, 1.54) is 49.4 Å². The van der Waals surface area contributed by atoms with Gasteiger partial charge in [-0.2, -0.15) is 4.37 Å². The minimum absolute atomic E-state index is 0.743. The fourth-order valence-electron chi connectivity index (χ4n) is 3.38. The van der Waals surface area contributed by atoms with Crippen LogP contribution in [0.2, 0.25) is 0 Å². The van der Waals surface area contributed by atoms with Gasteiger partial charge in [-0.05, 0) is 37.8 Å². The van der Waals surface area contributed by atoms with Gasteiger partial charge < -0.3 is 9.64 Å². The zero-order valence-corrected chi connectivity index (χ0v) is 13.7. The Morgan fingerprint density at radius 3 is 3.00 bits per heavy atom. The highest BCUT2D eigenvalue weighted by Gasteiger charge is 2.19. The summed E-state index contributed by atoms with van der Waals surface area (Å²) in [4.78, 5) is 2.32. The molecule has 1 aromatic rings. The third-order valence-corrected chi connectivity index (χ3v) is 5.09. The molecule has 4 nitrogen and oxygen atoms in total. The van der Waals surface area contributed by atoms with Gasteiger partial charge in [0.1, 0.15) is 5.69 Å². The molecular formula is C16H25N3OS. The third kappa shape index (κ3) is 4.04. The summed E-state index contributed by atoms with van der Waals surface area (Å²) >= 11 is 1.26. The van der Waals surface area contributed by atoms with E-state index >= 15 is 0 Å². The maximum Gasteiger partial charge on any atom is 0.253 e. The predicted molar refractivity (Wildman–Crippen MR) is 86.7 cm³/mol. The lowest BCUT2D eigenvalue weighted by atomic mass is 10.0. The molecule has 21 heavy (non-hydrogen) atoms. The fourth-order valence-corrected chi connectivity index (χ4v) is 3.91. The molecule has 0 atom stereocenters. The number of hydrogen-bond acceptors (Lipinski definition) is 5. The van der Waals surface area contributed by atoms with Gasteiger partial charge in [0.2, 0.25) is 0 Å². The third-order valence-electron chi connectivity index (χ3n) is 4.57. The first-order chi connectivity index (χ1) is 10.3. The molecule has 0 N–H and O–H groups in total. The largest absolute Gasteiger partial charge is 0.475 e. The minimum atomic E-state index is 0.743. The van der Waals surface area contributed by atoms with E-state index in [2.05, 4.69) is 26.8 Å².